The van der Waals surface area contributed by atoms with Gasteiger partial charge in [0.15, 0.2) is 21.5 Å². The Bertz CT molecular complexity index is 535. The Morgan fingerprint density at radius 1 is 1.31 bits per heavy atom. The Labute approximate surface area is 92.0 Å². The van der Waals surface area contributed by atoms with Crippen LogP contribution in [0.2, 0.25) is 0 Å². The summed E-state index contributed by atoms with van der Waals surface area (Å²) >= 11 is 0. The van der Waals surface area contributed by atoms with Crippen molar-refractivity contribution in [2.24, 2.45) is 0 Å². The number of halogens is 2. The lowest BCUT2D eigenvalue weighted by Gasteiger charge is -2.05. The molecular weight excluding hydrogens is 238 g/mol. The second-order valence-corrected chi connectivity index (χ2v) is 5.54. The van der Waals surface area contributed by atoms with Gasteiger partial charge in [-0.1, -0.05) is 0 Å². The molecule has 16 heavy (non-hydrogen) atoms. The molecule has 88 valence electrons. The molecule has 1 aromatic carbocycles. The maximum Gasteiger partial charge on any atom is 0.175 e. The van der Waals surface area contributed by atoms with Gasteiger partial charge in [-0.05, 0) is 24.6 Å². The average molecular weight is 248 g/mol. The van der Waals surface area contributed by atoms with E-state index in [2.05, 4.69) is 0 Å². The molecule has 0 aliphatic carbocycles. The fourth-order valence-corrected chi connectivity index (χ4v) is 1.90. The van der Waals surface area contributed by atoms with E-state index in [0.717, 1.165) is 12.3 Å². The van der Waals surface area contributed by atoms with Gasteiger partial charge in [0.2, 0.25) is 0 Å². The highest BCUT2D eigenvalue weighted by molar-refractivity contribution is 7.90. The molecule has 0 N–H and O–H groups in total. The largest absolute Gasteiger partial charge is 0.300 e. The molecule has 0 radical (unpaired) electrons. The number of sulfone groups is 1. The van der Waals surface area contributed by atoms with E-state index in [1.165, 1.54) is 6.92 Å². The molecule has 0 aliphatic heterocycles. The van der Waals surface area contributed by atoms with Crippen LogP contribution >= 0.6 is 0 Å². The van der Waals surface area contributed by atoms with Crippen molar-refractivity contribution >= 4 is 15.6 Å². The standard InChI is InChI=1S/C10H10F2O3S/c1-6(13)3-7-4-8(16(2,14)15)5-9(11)10(7)12/h4-5H,3H2,1-2H3. The van der Waals surface area contributed by atoms with Crippen molar-refractivity contribution in [2.45, 2.75) is 18.2 Å². The van der Waals surface area contributed by atoms with Gasteiger partial charge >= 0.3 is 0 Å². The lowest BCUT2D eigenvalue weighted by Crippen LogP contribution is -2.06. The minimum atomic E-state index is -3.62. The fraction of sp³-hybridized carbons (Fsp3) is 0.300. The maximum absolute atomic E-state index is 13.2. The van der Waals surface area contributed by atoms with Crippen LogP contribution in [0.3, 0.4) is 0 Å². The van der Waals surface area contributed by atoms with Gasteiger partial charge in [-0.15, -0.1) is 0 Å². The third-order valence-corrected chi connectivity index (χ3v) is 3.04. The van der Waals surface area contributed by atoms with Crippen molar-refractivity contribution < 1.29 is 22.0 Å². The highest BCUT2D eigenvalue weighted by atomic mass is 32.2. The minimum Gasteiger partial charge on any atom is -0.300 e. The van der Waals surface area contributed by atoms with Crippen LogP contribution < -0.4 is 0 Å². The zero-order valence-corrected chi connectivity index (χ0v) is 9.57. The Kier molecular flexibility index (Phi) is 3.42. The topological polar surface area (TPSA) is 51.2 Å². The summed E-state index contributed by atoms with van der Waals surface area (Å²) in [4.78, 5) is 10.5. The molecule has 0 spiro atoms. The molecule has 0 saturated carbocycles. The maximum atomic E-state index is 13.2. The molecule has 1 rings (SSSR count). The van der Waals surface area contributed by atoms with Crippen molar-refractivity contribution in [3.8, 4) is 0 Å². The summed E-state index contributed by atoms with van der Waals surface area (Å²) in [6, 6.07) is 1.59. The molecule has 0 unspecified atom stereocenters. The summed E-state index contributed by atoms with van der Waals surface area (Å²) in [5.74, 6) is -2.81. The van der Waals surface area contributed by atoms with E-state index in [-0.39, 0.29) is 22.7 Å². The number of benzene rings is 1. The quantitative estimate of drug-likeness (QED) is 0.762. The smallest absolute Gasteiger partial charge is 0.175 e. The minimum absolute atomic E-state index is 0.243. The number of carbonyl (C=O) groups is 1. The molecular formula is C10H10F2O3S. The molecule has 0 amide bonds. The van der Waals surface area contributed by atoms with Crippen LogP contribution in [0.15, 0.2) is 17.0 Å². The third kappa shape index (κ3) is 2.85. The Morgan fingerprint density at radius 3 is 2.31 bits per heavy atom. The molecule has 0 fully saturated rings. The van der Waals surface area contributed by atoms with E-state index >= 15 is 0 Å². The summed E-state index contributed by atoms with van der Waals surface area (Å²) in [5, 5.41) is 0. The van der Waals surface area contributed by atoms with Crippen molar-refractivity contribution in [3.63, 3.8) is 0 Å². The summed E-state index contributed by atoms with van der Waals surface area (Å²) in [6.07, 6.45) is 0.559. The van der Waals surface area contributed by atoms with Gasteiger partial charge in [-0.25, -0.2) is 17.2 Å². The van der Waals surface area contributed by atoms with Crippen LogP contribution in [-0.2, 0) is 21.1 Å². The van der Waals surface area contributed by atoms with Gasteiger partial charge in [-0.3, -0.25) is 4.79 Å². The van der Waals surface area contributed by atoms with Crippen LogP contribution in [0, 0.1) is 11.6 Å². The van der Waals surface area contributed by atoms with Gasteiger partial charge in [0.25, 0.3) is 0 Å². The molecule has 0 heterocycles. The van der Waals surface area contributed by atoms with Crippen LogP contribution in [0.1, 0.15) is 12.5 Å². The molecule has 0 bridgehead atoms. The van der Waals surface area contributed by atoms with Crippen LogP contribution in [0.5, 0.6) is 0 Å². The molecule has 0 aliphatic rings. The Hall–Kier alpha value is -1.30. The normalized spacial score (nSPS) is 11.5. The average Bonchev–Trinajstić information content (AvgIpc) is 2.10. The summed E-state index contributed by atoms with van der Waals surface area (Å²) in [7, 11) is -3.62. The van der Waals surface area contributed by atoms with E-state index in [1.807, 2.05) is 0 Å². The van der Waals surface area contributed by atoms with Crippen molar-refractivity contribution in [3.05, 3.63) is 29.3 Å². The first kappa shape index (κ1) is 12.8. The summed E-state index contributed by atoms with van der Waals surface area (Å²) in [6.45, 7) is 1.21. The first-order valence-corrected chi connectivity index (χ1v) is 6.28. The number of hydrogen-bond acceptors (Lipinski definition) is 3. The number of Topliss-reactive ketones (excluding diaryl/α,β-unsaturated/α-hetero) is 1. The summed E-state index contributed by atoms with van der Waals surface area (Å²) < 4.78 is 48.6. The van der Waals surface area contributed by atoms with Gasteiger partial charge in [0, 0.05) is 12.7 Å². The van der Waals surface area contributed by atoms with E-state index in [0.29, 0.717) is 6.07 Å². The molecule has 0 saturated heterocycles. The van der Waals surface area contributed by atoms with Crippen molar-refractivity contribution in [1.82, 2.24) is 0 Å². The SMILES string of the molecule is CC(=O)Cc1cc(S(C)(=O)=O)cc(F)c1F. The number of ketones is 1. The Balaban J connectivity index is 3.39. The van der Waals surface area contributed by atoms with E-state index in [1.54, 1.807) is 0 Å². The highest BCUT2D eigenvalue weighted by Crippen LogP contribution is 2.19. The van der Waals surface area contributed by atoms with Crippen LogP contribution in [0.25, 0.3) is 0 Å². The van der Waals surface area contributed by atoms with E-state index in [4.69, 9.17) is 0 Å². The first-order valence-electron chi connectivity index (χ1n) is 4.39. The lowest BCUT2D eigenvalue weighted by molar-refractivity contribution is -0.116. The predicted molar refractivity (Wildman–Crippen MR) is 53.9 cm³/mol. The van der Waals surface area contributed by atoms with Crippen LogP contribution in [-0.4, -0.2) is 20.5 Å². The molecule has 3 nitrogen and oxygen atoms in total. The van der Waals surface area contributed by atoms with Gasteiger partial charge < -0.3 is 0 Å². The van der Waals surface area contributed by atoms with E-state index < -0.39 is 21.5 Å². The second kappa shape index (κ2) is 4.29. The second-order valence-electron chi connectivity index (χ2n) is 3.53. The zero-order chi connectivity index (χ0) is 12.5. The van der Waals surface area contributed by atoms with Gasteiger partial charge in [0.05, 0.1) is 4.90 Å². The lowest BCUT2D eigenvalue weighted by atomic mass is 10.1. The fourth-order valence-electron chi connectivity index (χ4n) is 1.23. The van der Waals surface area contributed by atoms with Crippen molar-refractivity contribution in [1.29, 1.82) is 0 Å². The zero-order valence-electron chi connectivity index (χ0n) is 8.75. The van der Waals surface area contributed by atoms with Crippen molar-refractivity contribution in [2.75, 3.05) is 6.26 Å². The third-order valence-electron chi connectivity index (χ3n) is 1.94. The Morgan fingerprint density at radius 2 is 1.88 bits per heavy atom. The molecule has 6 heteroatoms. The molecule has 0 atom stereocenters. The van der Waals surface area contributed by atoms with Gasteiger partial charge in [0.1, 0.15) is 5.78 Å². The first-order chi connectivity index (χ1) is 7.21. The monoisotopic (exact) mass is 248 g/mol. The predicted octanol–water partition coefficient (Wildman–Crippen LogP) is 1.50. The molecule has 0 aromatic heterocycles. The number of rotatable bonds is 3. The van der Waals surface area contributed by atoms with Gasteiger partial charge in [-0.2, -0.15) is 0 Å². The van der Waals surface area contributed by atoms with E-state index in [9.17, 15) is 22.0 Å². The number of carbonyl (C=O) groups excluding carboxylic acids is 1. The number of hydrogen-bond donors (Lipinski definition) is 0. The highest BCUT2D eigenvalue weighted by Gasteiger charge is 2.16. The van der Waals surface area contributed by atoms with Crippen LogP contribution in [0.4, 0.5) is 8.78 Å². The molecule has 1 aromatic rings. The summed E-state index contributed by atoms with van der Waals surface area (Å²) in [5.41, 5.74) is -0.243.